The van der Waals surface area contributed by atoms with Crippen molar-refractivity contribution in [2.75, 3.05) is 6.26 Å². The van der Waals surface area contributed by atoms with Gasteiger partial charge in [-0.1, -0.05) is 12.1 Å². The number of carbonyl (C=O) groups is 1. The quantitative estimate of drug-likeness (QED) is 0.525. The first-order valence-corrected chi connectivity index (χ1v) is 6.75. The molecule has 96 valence electrons. The molecule has 1 heterocycles. The third kappa shape index (κ3) is 3.89. The summed E-state index contributed by atoms with van der Waals surface area (Å²) in [5.74, 6) is -0.384. The first-order chi connectivity index (χ1) is 9.29. The second kappa shape index (κ2) is 6.65. The van der Waals surface area contributed by atoms with Gasteiger partial charge >= 0.3 is 0 Å². The van der Waals surface area contributed by atoms with Crippen LogP contribution in [0, 0.1) is 0 Å². The molecule has 0 unspecified atom stereocenters. The molecule has 1 amide bonds. The average molecular weight is 272 g/mol. The van der Waals surface area contributed by atoms with Gasteiger partial charge in [0.25, 0.3) is 5.91 Å². The molecule has 0 spiro atoms. The fourth-order valence-corrected chi connectivity index (χ4v) is 1.74. The van der Waals surface area contributed by atoms with Crippen LogP contribution in [0.3, 0.4) is 0 Å². The Kier molecular flexibility index (Phi) is 4.63. The van der Waals surface area contributed by atoms with Crippen molar-refractivity contribution in [3.05, 3.63) is 54.1 Å². The molecule has 1 aromatic heterocycles. The minimum atomic E-state index is -0.384. The molecule has 1 aromatic carbocycles. The van der Waals surface area contributed by atoms with E-state index in [1.165, 1.54) is 23.5 Å². The molecule has 0 radical (unpaired) electrons. The Bertz CT molecular complexity index is 569. The lowest BCUT2D eigenvalue weighted by atomic mass is 10.2. The standard InChI is InChI=1S/C13H12N4OS/c1-19-11-4-2-10(3-5-11)8-16-17-13(18)12-9-14-6-7-15-12/h2-9H,1H3,(H,17,18)/b16-8+. The van der Waals surface area contributed by atoms with Crippen LogP contribution in [-0.4, -0.2) is 28.3 Å². The number of nitrogens with zero attached hydrogens (tertiary/aromatic N) is 3. The Morgan fingerprint density at radius 1 is 1.32 bits per heavy atom. The zero-order chi connectivity index (χ0) is 13.5. The average Bonchev–Trinajstić information content (AvgIpc) is 2.49. The minimum absolute atomic E-state index is 0.234. The third-order valence-electron chi connectivity index (χ3n) is 2.29. The van der Waals surface area contributed by atoms with E-state index in [1.54, 1.807) is 18.0 Å². The van der Waals surface area contributed by atoms with Crippen LogP contribution in [0.25, 0.3) is 0 Å². The van der Waals surface area contributed by atoms with E-state index in [0.717, 1.165) is 5.56 Å². The number of rotatable bonds is 4. The van der Waals surface area contributed by atoms with Crippen LogP contribution in [-0.2, 0) is 0 Å². The van der Waals surface area contributed by atoms with Gasteiger partial charge in [-0.2, -0.15) is 5.10 Å². The molecule has 0 aliphatic heterocycles. The normalized spacial score (nSPS) is 10.6. The predicted molar refractivity (Wildman–Crippen MR) is 75.3 cm³/mol. The monoisotopic (exact) mass is 272 g/mol. The zero-order valence-electron chi connectivity index (χ0n) is 10.3. The fraction of sp³-hybridized carbons (Fsp3) is 0.0769. The summed E-state index contributed by atoms with van der Waals surface area (Å²) >= 11 is 1.67. The Morgan fingerprint density at radius 3 is 2.74 bits per heavy atom. The van der Waals surface area contributed by atoms with Crippen molar-refractivity contribution in [1.29, 1.82) is 0 Å². The van der Waals surface area contributed by atoms with E-state index in [0.29, 0.717) is 0 Å². The van der Waals surface area contributed by atoms with Gasteiger partial charge in [0.05, 0.1) is 12.4 Å². The van der Waals surface area contributed by atoms with E-state index in [2.05, 4.69) is 20.5 Å². The van der Waals surface area contributed by atoms with E-state index in [4.69, 9.17) is 0 Å². The third-order valence-corrected chi connectivity index (χ3v) is 3.03. The molecule has 0 aliphatic carbocycles. The summed E-state index contributed by atoms with van der Waals surface area (Å²) in [7, 11) is 0. The number of amides is 1. The molecule has 19 heavy (non-hydrogen) atoms. The molecule has 0 aliphatic rings. The van der Waals surface area contributed by atoms with E-state index in [1.807, 2.05) is 30.5 Å². The summed E-state index contributed by atoms with van der Waals surface area (Å²) in [6.45, 7) is 0. The van der Waals surface area contributed by atoms with Crippen molar-refractivity contribution in [3.63, 3.8) is 0 Å². The number of hydrazone groups is 1. The van der Waals surface area contributed by atoms with Gasteiger partial charge in [0.1, 0.15) is 5.69 Å². The fourth-order valence-electron chi connectivity index (χ4n) is 1.33. The van der Waals surface area contributed by atoms with Gasteiger partial charge in [0.2, 0.25) is 0 Å². The Labute approximate surface area is 115 Å². The molecule has 6 heteroatoms. The van der Waals surface area contributed by atoms with Crippen LogP contribution < -0.4 is 5.43 Å². The lowest BCUT2D eigenvalue weighted by Gasteiger charge is -1.98. The minimum Gasteiger partial charge on any atom is -0.265 e. The summed E-state index contributed by atoms with van der Waals surface area (Å²) in [5.41, 5.74) is 3.55. The molecule has 0 atom stereocenters. The Hall–Kier alpha value is -2.21. The summed E-state index contributed by atoms with van der Waals surface area (Å²) in [5, 5.41) is 3.87. The summed E-state index contributed by atoms with van der Waals surface area (Å²) in [4.78, 5) is 20.5. The van der Waals surface area contributed by atoms with Crippen molar-refractivity contribution in [1.82, 2.24) is 15.4 Å². The number of nitrogens with one attached hydrogen (secondary N) is 1. The lowest BCUT2D eigenvalue weighted by molar-refractivity contribution is 0.0950. The molecule has 0 fully saturated rings. The van der Waals surface area contributed by atoms with Crippen molar-refractivity contribution >= 4 is 23.9 Å². The maximum atomic E-state index is 11.6. The Morgan fingerprint density at radius 2 is 2.11 bits per heavy atom. The van der Waals surface area contributed by atoms with Gasteiger partial charge in [-0.05, 0) is 24.0 Å². The van der Waals surface area contributed by atoms with Crippen molar-refractivity contribution in [2.24, 2.45) is 5.10 Å². The smallest absolute Gasteiger partial charge is 0.265 e. The molecule has 0 saturated carbocycles. The molecule has 0 saturated heterocycles. The van der Waals surface area contributed by atoms with E-state index >= 15 is 0 Å². The Balaban J connectivity index is 1.94. The lowest BCUT2D eigenvalue weighted by Crippen LogP contribution is -2.19. The van der Waals surface area contributed by atoms with Gasteiger partial charge < -0.3 is 0 Å². The summed E-state index contributed by atoms with van der Waals surface area (Å²) in [6, 6.07) is 7.86. The first kappa shape index (κ1) is 13.2. The summed E-state index contributed by atoms with van der Waals surface area (Å²) < 4.78 is 0. The second-order valence-corrected chi connectivity index (χ2v) is 4.44. The van der Waals surface area contributed by atoms with Crippen LogP contribution in [0.2, 0.25) is 0 Å². The number of aromatic nitrogens is 2. The molecule has 2 aromatic rings. The molecule has 5 nitrogen and oxygen atoms in total. The summed E-state index contributed by atoms with van der Waals surface area (Å²) in [6.07, 6.45) is 7.95. The molecular weight excluding hydrogens is 260 g/mol. The number of hydrogen-bond acceptors (Lipinski definition) is 5. The number of carbonyl (C=O) groups excluding carboxylic acids is 1. The largest absolute Gasteiger partial charge is 0.291 e. The number of hydrogen-bond donors (Lipinski definition) is 1. The van der Waals surface area contributed by atoms with Gasteiger partial charge in [-0.15, -0.1) is 11.8 Å². The molecule has 2 rings (SSSR count). The predicted octanol–water partition coefficient (Wildman–Crippen LogP) is 1.96. The van der Waals surface area contributed by atoms with Crippen molar-refractivity contribution in [2.45, 2.75) is 4.90 Å². The molecular formula is C13H12N4OS. The first-order valence-electron chi connectivity index (χ1n) is 5.53. The highest BCUT2D eigenvalue weighted by atomic mass is 32.2. The van der Waals surface area contributed by atoms with Gasteiger partial charge in [0, 0.05) is 17.3 Å². The maximum Gasteiger partial charge on any atom is 0.291 e. The maximum absolute atomic E-state index is 11.6. The highest BCUT2D eigenvalue weighted by Gasteiger charge is 2.04. The van der Waals surface area contributed by atoms with Crippen LogP contribution in [0.5, 0.6) is 0 Å². The number of thioether (sulfide) groups is 1. The van der Waals surface area contributed by atoms with Crippen LogP contribution >= 0.6 is 11.8 Å². The van der Waals surface area contributed by atoms with Crippen LogP contribution in [0.15, 0.2) is 52.9 Å². The van der Waals surface area contributed by atoms with Gasteiger partial charge in [-0.3, -0.25) is 9.78 Å². The van der Waals surface area contributed by atoms with E-state index in [-0.39, 0.29) is 11.6 Å². The van der Waals surface area contributed by atoms with Crippen molar-refractivity contribution in [3.8, 4) is 0 Å². The highest BCUT2D eigenvalue weighted by molar-refractivity contribution is 7.98. The van der Waals surface area contributed by atoms with Crippen LogP contribution in [0.4, 0.5) is 0 Å². The van der Waals surface area contributed by atoms with Crippen molar-refractivity contribution < 1.29 is 4.79 Å². The molecule has 1 N–H and O–H groups in total. The zero-order valence-corrected chi connectivity index (χ0v) is 11.1. The van der Waals surface area contributed by atoms with Gasteiger partial charge in [0.15, 0.2) is 0 Å². The molecule has 0 bridgehead atoms. The van der Waals surface area contributed by atoms with Crippen LogP contribution in [0.1, 0.15) is 16.1 Å². The second-order valence-electron chi connectivity index (χ2n) is 3.56. The topological polar surface area (TPSA) is 67.2 Å². The van der Waals surface area contributed by atoms with E-state index < -0.39 is 0 Å². The number of benzene rings is 1. The van der Waals surface area contributed by atoms with E-state index in [9.17, 15) is 4.79 Å². The van der Waals surface area contributed by atoms with Gasteiger partial charge in [-0.25, -0.2) is 10.4 Å². The highest BCUT2D eigenvalue weighted by Crippen LogP contribution is 2.13. The SMILES string of the molecule is CSc1ccc(/C=N/NC(=O)c2cnccn2)cc1.